The van der Waals surface area contributed by atoms with Crippen LogP contribution >= 0.6 is 11.8 Å². The number of aliphatic carboxylic acids is 1. The number of carboxylic acid groups (broad SMARTS) is 1. The maximum absolute atomic E-state index is 13.6. The zero-order chi connectivity index (χ0) is 31.1. The Kier molecular flexibility index (Phi) is 7.51. The summed E-state index contributed by atoms with van der Waals surface area (Å²) in [5.41, 5.74) is -1.82. The van der Waals surface area contributed by atoms with Gasteiger partial charge in [0, 0.05) is 0 Å². The topological polar surface area (TPSA) is 214 Å². The van der Waals surface area contributed by atoms with Crippen LogP contribution in [0.25, 0.3) is 0 Å². The number of benzene rings is 1. The molecule has 0 aliphatic carbocycles. The average Bonchev–Trinajstić information content (AvgIpc) is 3.66. The standard InChI is InChI=1S/C26H27N7O9S/c1-25(2)26(22(38)39,27-13-34)33-20(37)18(21(33)43-25)29-19(36)17(14-5-7-15(35)8-6-14)30-23(40)31-9-10-32(24(31)41)28-12-16-4-3-11-42-16/h3-8,11-13,17-18,21,35H,9-10H2,1-2H3,(H,27,34)(H,29,36)(H,30,40)(H,38,39)/t17?,18-,21+,26-/m0/s1. The van der Waals surface area contributed by atoms with Gasteiger partial charge in [-0.25, -0.2) is 24.3 Å². The Morgan fingerprint density at radius 1 is 1.16 bits per heavy atom. The number of β-lactam (4-membered cyclic amide) rings is 1. The van der Waals surface area contributed by atoms with Crippen molar-refractivity contribution >= 4 is 54.2 Å². The van der Waals surface area contributed by atoms with Gasteiger partial charge in [-0.3, -0.25) is 19.3 Å². The summed E-state index contributed by atoms with van der Waals surface area (Å²) in [7, 11) is 0. The lowest BCUT2D eigenvalue weighted by Gasteiger charge is -2.49. The number of phenolic OH excluding ortho intramolecular Hbond substituents is 1. The summed E-state index contributed by atoms with van der Waals surface area (Å²) in [4.78, 5) is 78.3. The summed E-state index contributed by atoms with van der Waals surface area (Å²) in [6.07, 6.45) is 2.96. The van der Waals surface area contributed by atoms with Crippen LogP contribution in [0.4, 0.5) is 9.59 Å². The van der Waals surface area contributed by atoms with Gasteiger partial charge in [0.15, 0.2) is 0 Å². The molecule has 0 radical (unpaired) electrons. The van der Waals surface area contributed by atoms with Crippen LogP contribution in [0.3, 0.4) is 0 Å². The highest BCUT2D eigenvalue weighted by Gasteiger charge is 2.73. The second-order valence-electron chi connectivity index (χ2n) is 10.3. The Labute approximate surface area is 248 Å². The van der Waals surface area contributed by atoms with Crippen molar-refractivity contribution in [2.45, 2.75) is 41.7 Å². The number of carbonyl (C=O) groups excluding carboxylic acids is 5. The number of rotatable bonds is 9. The van der Waals surface area contributed by atoms with Crippen LogP contribution in [0.5, 0.6) is 5.75 Å². The van der Waals surface area contributed by atoms with E-state index in [0.29, 0.717) is 5.76 Å². The van der Waals surface area contributed by atoms with Crippen molar-refractivity contribution in [3.05, 3.63) is 54.0 Å². The van der Waals surface area contributed by atoms with Crippen LogP contribution in [0, 0.1) is 0 Å². The van der Waals surface area contributed by atoms with Crippen molar-refractivity contribution in [1.29, 1.82) is 0 Å². The number of aromatic hydroxyl groups is 1. The number of phenols is 1. The molecule has 7 amide bonds. The van der Waals surface area contributed by atoms with Crippen molar-refractivity contribution in [1.82, 2.24) is 30.8 Å². The van der Waals surface area contributed by atoms with Gasteiger partial charge in [-0.05, 0) is 43.7 Å². The van der Waals surface area contributed by atoms with Crippen LogP contribution in [-0.2, 0) is 19.2 Å². The number of imide groups is 1. The zero-order valence-corrected chi connectivity index (χ0v) is 23.6. The van der Waals surface area contributed by atoms with Gasteiger partial charge in [-0.15, -0.1) is 11.8 Å². The van der Waals surface area contributed by atoms with Gasteiger partial charge < -0.3 is 30.6 Å². The number of amides is 7. The van der Waals surface area contributed by atoms with E-state index in [-0.39, 0.29) is 30.8 Å². The number of hydrogen-bond acceptors (Lipinski definition) is 10. The summed E-state index contributed by atoms with van der Waals surface area (Å²) < 4.78 is 3.97. The smallest absolute Gasteiger partial charge is 0.352 e. The molecule has 3 aliphatic rings. The number of urea groups is 2. The lowest BCUT2D eigenvalue weighted by atomic mass is 9.88. The van der Waals surface area contributed by atoms with Gasteiger partial charge in [-0.2, -0.15) is 5.10 Å². The first-order chi connectivity index (χ1) is 20.4. The summed E-state index contributed by atoms with van der Waals surface area (Å²) in [6, 6.07) is 4.40. The van der Waals surface area contributed by atoms with Crippen LogP contribution < -0.4 is 16.0 Å². The first-order valence-corrected chi connectivity index (χ1v) is 13.8. The van der Waals surface area contributed by atoms with E-state index in [9.17, 15) is 39.0 Å². The molecular formula is C26H27N7O9S. The second-order valence-corrected chi connectivity index (χ2v) is 12.0. The Balaban J connectivity index is 1.33. The highest BCUT2D eigenvalue weighted by Crippen LogP contribution is 2.55. The van der Waals surface area contributed by atoms with Crippen LogP contribution in [0.1, 0.15) is 31.2 Å². The number of nitrogens with zero attached hydrogens (tertiary/aromatic N) is 4. The third-order valence-electron chi connectivity index (χ3n) is 7.42. The molecule has 3 saturated heterocycles. The molecule has 5 N–H and O–H groups in total. The molecule has 4 atom stereocenters. The Hall–Kier alpha value is -5.06. The molecule has 3 aliphatic heterocycles. The van der Waals surface area contributed by atoms with Gasteiger partial charge >= 0.3 is 18.0 Å². The predicted octanol–water partition coefficient (Wildman–Crippen LogP) is 0.213. The lowest BCUT2D eigenvalue weighted by molar-refractivity contribution is -0.175. The molecule has 17 heteroatoms. The largest absolute Gasteiger partial charge is 0.508 e. The van der Waals surface area contributed by atoms with Crippen molar-refractivity contribution in [2.75, 3.05) is 13.1 Å². The number of hydrazone groups is 1. The Morgan fingerprint density at radius 3 is 2.51 bits per heavy atom. The minimum absolute atomic E-state index is 0.0328. The molecule has 0 bridgehead atoms. The van der Waals surface area contributed by atoms with Crippen molar-refractivity contribution in [3.8, 4) is 5.75 Å². The summed E-state index contributed by atoms with van der Waals surface area (Å²) in [5.74, 6) is -2.72. The number of carbonyl (C=O) groups is 6. The lowest BCUT2D eigenvalue weighted by Crippen LogP contribution is -2.79. The first-order valence-electron chi connectivity index (χ1n) is 12.9. The first kappa shape index (κ1) is 29.4. The minimum Gasteiger partial charge on any atom is -0.508 e. The van der Waals surface area contributed by atoms with Crippen LogP contribution in [0.15, 0.2) is 52.2 Å². The molecule has 2 aromatic rings. The normalized spacial score (nSPS) is 24.8. The minimum atomic E-state index is -2.05. The number of fused-ring (bicyclic) bond motifs is 1. The third-order valence-corrected chi connectivity index (χ3v) is 9.03. The fourth-order valence-corrected chi connectivity index (χ4v) is 6.93. The molecule has 0 saturated carbocycles. The van der Waals surface area contributed by atoms with Crippen LogP contribution in [0.2, 0.25) is 0 Å². The summed E-state index contributed by atoms with van der Waals surface area (Å²) >= 11 is 1.08. The summed E-state index contributed by atoms with van der Waals surface area (Å²) in [5, 5.41) is 31.3. The Morgan fingerprint density at radius 2 is 1.88 bits per heavy atom. The monoisotopic (exact) mass is 613 g/mol. The van der Waals surface area contributed by atoms with Crippen molar-refractivity contribution < 1.29 is 43.4 Å². The number of thioether (sulfide) groups is 1. The van der Waals surface area contributed by atoms with E-state index >= 15 is 0 Å². The molecule has 0 spiro atoms. The second kappa shape index (κ2) is 11.0. The fraction of sp³-hybridized carbons (Fsp3) is 0.346. The molecule has 1 aromatic heterocycles. The molecular weight excluding hydrogens is 586 g/mol. The van der Waals surface area contributed by atoms with Crippen LogP contribution in [-0.4, -0.2) is 102 Å². The third kappa shape index (κ3) is 4.90. The molecule has 1 unspecified atom stereocenters. The number of nitrogens with one attached hydrogen (secondary N) is 3. The van der Waals surface area contributed by atoms with Gasteiger partial charge in [0.25, 0.3) is 5.91 Å². The molecule has 16 nitrogen and oxygen atoms in total. The Bertz CT molecular complexity index is 1500. The van der Waals surface area contributed by atoms with E-state index in [2.05, 4.69) is 21.1 Å². The molecule has 5 rings (SSSR count). The number of furan rings is 1. The number of hydrogen-bond donors (Lipinski definition) is 5. The number of carboxylic acids is 1. The molecule has 226 valence electrons. The van der Waals surface area contributed by atoms with E-state index < -0.39 is 57.7 Å². The SMILES string of the molecule is CC1(C)S[C@@H]2[C@@H](NC(=O)C(NC(=O)N3CCN(N=Cc4ccco4)C3=O)c3ccc(O)cc3)C(=O)N2[C@@]1(NC=O)C(=O)O. The highest BCUT2D eigenvalue weighted by molar-refractivity contribution is 8.01. The predicted molar refractivity (Wildman–Crippen MR) is 148 cm³/mol. The van der Waals surface area contributed by atoms with E-state index in [1.807, 2.05) is 0 Å². The quantitative estimate of drug-likeness (QED) is 0.147. The van der Waals surface area contributed by atoms with Gasteiger partial charge in [0.1, 0.15) is 29.0 Å². The average molecular weight is 614 g/mol. The van der Waals surface area contributed by atoms with E-state index in [1.165, 1.54) is 36.7 Å². The molecule has 3 fully saturated rings. The molecule has 1 aromatic carbocycles. The zero-order valence-electron chi connectivity index (χ0n) is 22.8. The van der Waals surface area contributed by atoms with Crippen molar-refractivity contribution in [3.63, 3.8) is 0 Å². The van der Waals surface area contributed by atoms with Crippen molar-refractivity contribution in [2.24, 2.45) is 5.10 Å². The molecule has 4 heterocycles. The maximum atomic E-state index is 13.6. The van der Waals surface area contributed by atoms with Gasteiger partial charge in [-0.1, -0.05) is 12.1 Å². The highest BCUT2D eigenvalue weighted by atomic mass is 32.2. The molecule has 43 heavy (non-hydrogen) atoms. The summed E-state index contributed by atoms with van der Waals surface area (Å²) in [6.45, 7) is 3.16. The maximum Gasteiger partial charge on any atom is 0.352 e. The van der Waals surface area contributed by atoms with E-state index in [1.54, 1.807) is 26.0 Å². The van der Waals surface area contributed by atoms with Gasteiger partial charge in [0.2, 0.25) is 18.0 Å². The van der Waals surface area contributed by atoms with Gasteiger partial charge in [0.05, 0.1) is 30.3 Å². The van der Waals surface area contributed by atoms with E-state index in [0.717, 1.165) is 26.6 Å². The fourth-order valence-electron chi connectivity index (χ4n) is 5.22. The van der Waals surface area contributed by atoms with E-state index in [4.69, 9.17) is 4.42 Å².